The summed E-state index contributed by atoms with van der Waals surface area (Å²) in [6.07, 6.45) is -0.620. The Hall–Kier alpha value is -2.08. The van der Waals surface area contributed by atoms with Crippen LogP contribution in [-0.4, -0.2) is 30.4 Å². The average molecular weight is 247 g/mol. The molecule has 0 aliphatic carbocycles. The first-order valence-electron chi connectivity index (χ1n) is 5.73. The Bertz CT molecular complexity index is 608. The van der Waals surface area contributed by atoms with Gasteiger partial charge < -0.3 is 15.0 Å². The highest BCUT2D eigenvalue weighted by Crippen LogP contribution is 2.27. The Morgan fingerprint density at radius 3 is 3.11 bits per heavy atom. The Balaban J connectivity index is 1.97. The van der Waals surface area contributed by atoms with E-state index in [1.54, 1.807) is 11.0 Å². The summed E-state index contributed by atoms with van der Waals surface area (Å²) in [6, 6.07) is 5.53. The van der Waals surface area contributed by atoms with Gasteiger partial charge in [-0.3, -0.25) is 4.90 Å². The summed E-state index contributed by atoms with van der Waals surface area (Å²) < 4.78 is 10.3. The maximum absolute atomic E-state index is 11.7. The normalized spacial score (nSPS) is 19.6. The zero-order chi connectivity index (χ0) is 12.7. The van der Waals surface area contributed by atoms with Gasteiger partial charge >= 0.3 is 6.09 Å². The van der Waals surface area contributed by atoms with Crippen LogP contribution in [-0.2, 0) is 4.74 Å². The Morgan fingerprint density at radius 1 is 1.56 bits per heavy atom. The zero-order valence-electron chi connectivity index (χ0n) is 9.92. The van der Waals surface area contributed by atoms with E-state index in [9.17, 15) is 4.79 Å². The van der Waals surface area contributed by atoms with Gasteiger partial charge in [-0.2, -0.15) is 0 Å². The molecule has 94 valence electrons. The van der Waals surface area contributed by atoms with E-state index in [0.29, 0.717) is 18.7 Å². The summed E-state index contributed by atoms with van der Waals surface area (Å²) in [7, 11) is 0. The lowest BCUT2D eigenvalue weighted by Crippen LogP contribution is -2.27. The molecule has 1 fully saturated rings. The summed E-state index contributed by atoms with van der Waals surface area (Å²) >= 11 is 0. The van der Waals surface area contributed by atoms with Gasteiger partial charge in [0.25, 0.3) is 0 Å². The number of fused-ring (bicyclic) bond motifs is 1. The summed E-state index contributed by atoms with van der Waals surface area (Å²) in [5, 5.41) is 4.83. The highest BCUT2D eigenvalue weighted by Gasteiger charge is 2.31. The maximum Gasteiger partial charge on any atom is 0.414 e. The first-order chi connectivity index (χ1) is 8.69. The molecule has 2 aromatic rings. The zero-order valence-corrected chi connectivity index (χ0v) is 9.92. The average Bonchev–Trinajstić information content (AvgIpc) is 2.93. The number of cyclic esters (lactones) is 1. The van der Waals surface area contributed by atoms with Crippen LogP contribution in [0.5, 0.6) is 0 Å². The third-order valence-electron chi connectivity index (χ3n) is 3.08. The predicted molar refractivity (Wildman–Crippen MR) is 65.4 cm³/mol. The second-order valence-electron chi connectivity index (χ2n) is 4.30. The van der Waals surface area contributed by atoms with E-state index in [1.165, 1.54) is 0 Å². The Labute approximate surface area is 103 Å². The topological polar surface area (TPSA) is 81.6 Å². The number of rotatable bonds is 2. The van der Waals surface area contributed by atoms with Crippen LogP contribution >= 0.6 is 0 Å². The van der Waals surface area contributed by atoms with Gasteiger partial charge in [0, 0.05) is 18.0 Å². The standard InChI is InChI=1S/C12H13N3O3/c1-7-10-3-2-8(4-11(10)18-14-7)15-6-9(5-13)17-12(15)16/h2-4,9H,5-6,13H2,1H3/t9-/m0/s1. The number of hydrogen-bond donors (Lipinski definition) is 1. The third-order valence-corrected chi connectivity index (χ3v) is 3.08. The number of anilines is 1. The lowest BCUT2D eigenvalue weighted by atomic mass is 10.2. The minimum Gasteiger partial charge on any atom is -0.443 e. The van der Waals surface area contributed by atoms with Crippen LogP contribution in [0.2, 0.25) is 0 Å². The van der Waals surface area contributed by atoms with Gasteiger partial charge in [0.15, 0.2) is 5.58 Å². The molecule has 2 N–H and O–H groups in total. The van der Waals surface area contributed by atoms with E-state index in [0.717, 1.165) is 16.8 Å². The second-order valence-corrected chi connectivity index (χ2v) is 4.30. The number of hydrogen-bond acceptors (Lipinski definition) is 5. The molecule has 1 aliphatic rings. The van der Waals surface area contributed by atoms with Crippen molar-refractivity contribution < 1.29 is 14.1 Å². The smallest absolute Gasteiger partial charge is 0.414 e. The maximum atomic E-state index is 11.7. The first kappa shape index (κ1) is 11.0. The first-order valence-corrected chi connectivity index (χ1v) is 5.73. The summed E-state index contributed by atoms with van der Waals surface area (Å²) in [5.41, 5.74) is 7.73. The lowest BCUT2D eigenvalue weighted by molar-refractivity contribution is 0.145. The van der Waals surface area contributed by atoms with Gasteiger partial charge in [-0.15, -0.1) is 0 Å². The van der Waals surface area contributed by atoms with E-state index < -0.39 is 0 Å². The van der Waals surface area contributed by atoms with Gasteiger partial charge in [0.2, 0.25) is 0 Å². The number of nitrogens with two attached hydrogens (primary N) is 1. The van der Waals surface area contributed by atoms with Gasteiger partial charge in [-0.1, -0.05) is 5.16 Å². The molecular weight excluding hydrogens is 234 g/mol. The molecule has 1 aromatic heterocycles. The molecule has 1 aromatic carbocycles. The summed E-state index contributed by atoms with van der Waals surface area (Å²) in [5.74, 6) is 0. The number of nitrogens with zero attached hydrogens (tertiary/aromatic N) is 2. The monoisotopic (exact) mass is 247 g/mol. The quantitative estimate of drug-likeness (QED) is 0.867. The van der Waals surface area contributed by atoms with Crippen molar-refractivity contribution in [1.29, 1.82) is 0 Å². The van der Waals surface area contributed by atoms with Crippen molar-refractivity contribution in [2.24, 2.45) is 5.73 Å². The molecule has 1 atom stereocenters. The molecule has 1 amide bonds. The van der Waals surface area contributed by atoms with Gasteiger partial charge in [0.05, 0.1) is 17.9 Å². The van der Waals surface area contributed by atoms with Crippen LogP contribution < -0.4 is 10.6 Å². The van der Waals surface area contributed by atoms with E-state index in [1.807, 2.05) is 19.1 Å². The Kier molecular flexibility index (Phi) is 2.45. The highest BCUT2D eigenvalue weighted by atomic mass is 16.6. The second kappa shape index (κ2) is 3.99. The van der Waals surface area contributed by atoms with Crippen molar-refractivity contribution in [3.8, 4) is 0 Å². The number of carbonyl (C=O) groups is 1. The SMILES string of the molecule is Cc1noc2cc(N3C[C@H](CN)OC3=O)ccc12. The molecule has 6 heteroatoms. The van der Waals surface area contributed by atoms with Crippen LogP contribution in [0, 0.1) is 6.92 Å². The Morgan fingerprint density at radius 2 is 2.39 bits per heavy atom. The van der Waals surface area contributed by atoms with Crippen LogP contribution in [0.25, 0.3) is 11.0 Å². The molecule has 0 spiro atoms. The molecule has 2 heterocycles. The number of aromatic nitrogens is 1. The summed E-state index contributed by atoms with van der Waals surface area (Å²) in [6.45, 7) is 2.67. The van der Waals surface area contributed by atoms with E-state index in [2.05, 4.69) is 5.16 Å². The molecule has 1 aliphatic heterocycles. The van der Waals surface area contributed by atoms with Crippen LogP contribution in [0.1, 0.15) is 5.69 Å². The van der Waals surface area contributed by atoms with Crippen LogP contribution in [0.3, 0.4) is 0 Å². The molecule has 0 saturated carbocycles. The molecule has 0 bridgehead atoms. The fraction of sp³-hybridized carbons (Fsp3) is 0.333. The number of carbonyl (C=O) groups excluding carboxylic acids is 1. The molecular formula is C12H13N3O3. The van der Waals surface area contributed by atoms with Crippen molar-refractivity contribution in [3.05, 3.63) is 23.9 Å². The van der Waals surface area contributed by atoms with Gasteiger partial charge in [-0.05, 0) is 19.1 Å². The van der Waals surface area contributed by atoms with Crippen molar-refractivity contribution in [1.82, 2.24) is 5.16 Å². The fourth-order valence-corrected chi connectivity index (χ4v) is 2.08. The van der Waals surface area contributed by atoms with E-state index in [-0.39, 0.29) is 12.2 Å². The van der Waals surface area contributed by atoms with Gasteiger partial charge in [-0.25, -0.2) is 4.79 Å². The minimum atomic E-state index is -0.374. The molecule has 0 unspecified atom stereocenters. The fourth-order valence-electron chi connectivity index (χ4n) is 2.08. The lowest BCUT2D eigenvalue weighted by Gasteiger charge is -2.12. The number of ether oxygens (including phenoxy) is 1. The molecule has 18 heavy (non-hydrogen) atoms. The highest BCUT2D eigenvalue weighted by molar-refractivity contribution is 5.93. The van der Waals surface area contributed by atoms with Crippen molar-refractivity contribution in [2.45, 2.75) is 13.0 Å². The largest absolute Gasteiger partial charge is 0.443 e. The van der Waals surface area contributed by atoms with E-state index >= 15 is 0 Å². The molecule has 1 saturated heterocycles. The minimum absolute atomic E-state index is 0.246. The van der Waals surface area contributed by atoms with Crippen LogP contribution in [0.15, 0.2) is 22.7 Å². The molecule has 0 radical (unpaired) electrons. The number of amides is 1. The molecule has 6 nitrogen and oxygen atoms in total. The van der Waals surface area contributed by atoms with Crippen molar-refractivity contribution in [2.75, 3.05) is 18.0 Å². The summed E-state index contributed by atoms with van der Waals surface area (Å²) in [4.78, 5) is 13.2. The number of benzene rings is 1. The van der Waals surface area contributed by atoms with E-state index in [4.69, 9.17) is 15.0 Å². The van der Waals surface area contributed by atoms with Crippen molar-refractivity contribution >= 4 is 22.7 Å². The third kappa shape index (κ3) is 1.62. The predicted octanol–water partition coefficient (Wildman–Crippen LogP) is 1.42. The van der Waals surface area contributed by atoms with Crippen LogP contribution in [0.4, 0.5) is 10.5 Å². The molecule has 3 rings (SSSR count). The number of aryl methyl sites for hydroxylation is 1. The van der Waals surface area contributed by atoms with Crippen molar-refractivity contribution in [3.63, 3.8) is 0 Å². The van der Waals surface area contributed by atoms with Gasteiger partial charge in [0.1, 0.15) is 6.10 Å².